The molecule has 0 saturated heterocycles. The van der Waals surface area contributed by atoms with E-state index in [1.165, 1.54) is 22.7 Å². The summed E-state index contributed by atoms with van der Waals surface area (Å²) in [6, 6.07) is 41.6. The molecule has 0 atom stereocenters. The lowest BCUT2D eigenvalue weighted by atomic mass is 9.99. The second-order valence-electron chi connectivity index (χ2n) is 14.8. The zero-order valence-electron chi connectivity index (χ0n) is 32.4. The molecule has 2 aliphatic heterocycles. The van der Waals surface area contributed by atoms with Crippen LogP contribution in [-0.2, 0) is 0 Å². The van der Waals surface area contributed by atoms with Crippen LogP contribution in [-0.4, -0.2) is 33.4 Å². The van der Waals surface area contributed by atoms with E-state index in [1.54, 1.807) is 0 Å². The third kappa shape index (κ3) is 5.45. The summed E-state index contributed by atoms with van der Waals surface area (Å²) in [5.74, 6) is 2.11. The predicted octanol–water partition coefficient (Wildman–Crippen LogP) is 9.17. The van der Waals surface area contributed by atoms with Gasteiger partial charge in [0.1, 0.15) is 44.7 Å². The first-order valence-electron chi connectivity index (χ1n) is 19.4. The van der Waals surface area contributed by atoms with Gasteiger partial charge in [0.15, 0.2) is 0 Å². The standard InChI is InChI=1S/C46H30B2N6O4S2/c1-26(2)41-38-39(43(53(41)47-55-32-19-9-10-20-33(32)56-47)29(25-49)45-51-30-17-7-13-23-36(30)59-45)42(28-16-6-5-15-27(28)3)54(48-57-34-21-11-12-22-35(34)58-48)44(38)40(50-4)46-52-31-18-8-14-24-37(31)60-46/h5-24,26H,1-3H3/b43-29-,44-40+. The zero-order valence-corrected chi connectivity index (χ0v) is 34.0. The van der Waals surface area contributed by atoms with Crippen LogP contribution in [0.1, 0.15) is 41.0 Å². The molecule has 0 fully saturated rings. The number of thiazole rings is 2. The molecule has 0 radical (unpaired) electrons. The average Bonchev–Trinajstić information content (AvgIpc) is 4.12. The van der Waals surface area contributed by atoms with Crippen molar-refractivity contribution in [1.29, 1.82) is 5.26 Å². The molecule has 0 unspecified atom stereocenters. The predicted molar refractivity (Wildman–Crippen MR) is 238 cm³/mol. The monoisotopic (exact) mass is 816 g/mol. The quantitative estimate of drug-likeness (QED) is 0.122. The molecule has 2 aliphatic rings. The highest BCUT2D eigenvalue weighted by atomic mass is 32.1. The van der Waals surface area contributed by atoms with Crippen molar-refractivity contribution < 1.29 is 18.6 Å². The molecule has 0 amide bonds. The van der Waals surface area contributed by atoms with Crippen molar-refractivity contribution in [3.63, 3.8) is 0 Å². The zero-order chi connectivity index (χ0) is 40.6. The molecule has 0 N–H and O–H groups in total. The number of aromatic nitrogens is 4. The average molecular weight is 817 g/mol. The second-order valence-corrected chi connectivity index (χ2v) is 16.9. The van der Waals surface area contributed by atoms with E-state index in [0.29, 0.717) is 66.1 Å². The van der Waals surface area contributed by atoms with Crippen LogP contribution in [0.4, 0.5) is 0 Å². The van der Waals surface area contributed by atoms with Gasteiger partial charge < -0.3 is 27.6 Å². The summed E-state index contributed by atoms with van der Waals surface area (Å²) >= 11 is 2.90. The molecular weight excluding hydrogens is 786 g/mol. The Morgan fingerprint density at radius 3 is 1.70 bits per heavy atom. The Morgan fingerprint density at radius 2 is 1.17 bits per heavy atom. The fourth-order valence-corrected chi connectivity index (χ4v) is 10.3. The highest BCUT2D eigenvalue weighted by Crippen LogP contribution is 2.41. The number of benzene rings is 5. The van der Waals surface area contributed by atoms with Crippen LogP contribution in [0.15, 0.2) is 121 Å². The SMILES string of the molecule is [C-]#[N+]/C(c1nc2ccccc2s1)=c1\c2c(C(C)C)n(B3Oc4ccccc4O3)/c(=C(/C#N)c3nc4ccccc4s3)c2c(-c2ccccc2C)n1B1Oc2ccccc2O1. The summed E-state index contributed by atoms with van der Waals surface area (Å²) in [5.41, 5.74) is 5.52. The van der Waals surface area contributed by atoms with E-state index < -0.39 is 14.5 Å². The molecule has 0 spiro atoms. The summed E-state index contributed by atoms with van der Waals surface area (Å²) in [4.78, 5) is 14.4. The van der Waals surface area contributed by atoms with Gasteiger partial charge in [0.25, 0.3) is 0 Å². The van der Waals surface area contributed by atoms with E-state index in [2.05, 4.69) is 43.8 Å². The Balaban J connectivity index is 1.40. The molecule has 286 valence electrons. The van der Waals surface area contributed by atoms with E-state index in [1.807, 2.05) is 118 Å². The van der Waals surface area contributed by atoms with Gasteiger partial charge in [-0.1, -0.05) is 86.6 Å². The number of para-hydroxylation sites is 6. The van der Waals surface area contributed by atoms with Gasteiger partial charge >= 0.3 is 14.5 Å². The van der Waals surface area contributed by atoms with Crippen LogP contribution in [0, 0.1) is 24.8 Å². The Labute approximate surface area is 352 Å². The minimum absolute atomic E-state index is 0.197. The van der Waals surface area contributed by atoms with E-state index >= 15 is 0 Å². The van der Waals surface area contributed by atoms with Crippen molar-refractivity contribution in [2.24, 2.45) is 0 Å². The molecule has 6 heterocycles. The fraction of sp³-hybridized carbons (Fsp3) is 0.0870. The Bertz CT molecular complexity index is 3250. The van der Waals surface area contributed by atoms with Gasteiger partial charge in [-0.05, 0) is 66.9 Å². The molecule has 5 aromatic carbocycles. The summed E-state index contributed by atoms with van der Waals surface area (Å²) in [6.07, 6.45) is 0. The van der Waals surface area contributed by atoms with Crippen molar-refractivity contribution >= 4 is 79.7 Å². The first-order valence-corrected chi connectivity index (χ1v) is 21.0. The number of hydrogen-bond donors (Lipinski definition) is 0. The Hall–Kier alpha value is -7.25. The minimum atomic E-state index is -1.04. The maximum absolute atomic E-state index is 11.5. The van der Waals surface area contributed by atoms with Gasteiger partial charge in [0.05, 0.1) is 43.4 Å². The van der Waals surface area contributed by atoms with Crippen molar-refractivity contribution in [2.45, 2.75) is 26.7 Å². The van der Waals surface area contributed by atoms with Crippen molar-refractivity contribution in [3.8, 4) is 40.3 Å². The molecule has 0 saturated carbocycles. The smallest absolute Gasteiger partial charge is 0.503 e. The minimum Gasteiger partial charge on any atom is -0.503 e. The highest BCUT2D eigenvalue weighted by Gasteiger charge is 2.45. The van der Waals surface area contributed by atoms with Crippen LogP contribution in [0.5, 0.6) is 23.0 Å². The number of nitrogens with zero attached hydrogens (tertiary/aromatic N) is 6. The lowest BCUT2D eigenvalue weighted by Crippen LogP contribution is -2.45. The van der Waals surface area contributed by atoms with E-state index in [-0.39, 0.29) is 5.92 Å². The van der Waals surface area contributed by atoms with Crippen molar-refractivity contribution in [2.75, 3.05) is 0 Å². The molecule has 11 rings (SSSR count). The van der Waals surface area contributed by atoms with Crippen LogP contribution >= 0.6 is 22.7 Å². The van der Waals surface area contributed by atoms with Gasteiger partial charge in [-0.2, -0.15) is 5.26 Å². The summed E-state index contributed by atoms with van der Waals surface area (Å²) in [7, 11) is -2.05. The maximum atomic E-state index is 11.5. The molecule has 0 aliphatic carbocycles. The van der Waals surface area contributed by atoms with Crippen LogP contribution in [0.3, 0.4) is 0 Å². The fourth-order valence-electron chi connectivity index (χ4n) is 8.35. The van der Waals surface area contributed by atoms with E-state index in [4.69, 9.17) is 35.2 Å². The molecule has 9 aromatic rings. The number of nitriles is 1. The van der Waals surface area contributed by atoms with Gasteiger partial charge in [-0.3, -0.25) is 0 Å². The van der Waals surface area contributed by atoms with Gasteiger partial charge in [-0.15, -0.1) is 22.7 Å². The first-order chi connectivity index (χ1) is 29.4. The van der Waals surface area contributed by atoms with E-state index in [9.17, 15) is 5.26 Å². The van der Waals surface area contributed by atoms with Crippen LogP contribution < -0.4 is 29.3 Å². The largest absolute Gasteiger partial charge is 0.743 e. The second kappa shape index (κ2) is 13.9. The van der Waals surface area contributed by atoms with Crippen LogP contribution in [0.2, 0.25) is 0 Å². The highest BCUT2D eigenvalue weighted by molar-refractivity contribution is 7.20. The van der Waals surface area contributed by atoms with Gasteiger partial charge in [0, 0.05) is 22.0 Å². The summed E-state index contributed by atoms with van der Waals surface area (Å²) in [5, 5.41) is 15.1. The number of aryl methyl sites for hydroxylation is 1. The van der Waals surface area contributed by atoms with E-state index in [0.717, 1.165) is 42.6 Å². The van der Waals surface area contributed by atoms with Crippen molar-refractivity contribution in [1.82, 2.24) is 18.9 Å². The molecule has 60 heavy (non-hydrogen) atoms. The Kier molecular flexibility index (Phi) is 8.34. The lowest BCUT2D eigenvalue weighted by molar-refractivity contribution is 0.473. The van der Waals surface area contributed by atoms with Crippen molar-refractivity contribution in [3.05, 3.63) is 165 Å². The first kappa shape index (κ1) is 35.9. The topological polar surface area (TPSA) is 101 Å². The number of hydrogen-bond acceptors (Lipinski definition) is 9. The third-order valence-electron chi connectivity index (χ3n) is 10.9. The number of fused-ring (bicyclic) bond motifs is 5. The normalized spacial score (nSPS) is 14.0. The van der Waals surface area contributed by atoms with Crippen LogP contribution in [0.25, 0.3) is 58.6 Å². The summed E-state index contributed by atoms with van der Waals surface area (Å²) in [6.45, 7) is 15.2. The van der Waals surface area contributed by atoms with Gasteiger partial charge in [-0.25, -0.2) is 14.8 Å². The maximum Gasteiger partial charge on any atom is 0.743 e. The molecule has 4 aromatic heterocycles. The molecule has 14 heteroatoms. The Morgan fingerprint density at radius 1 is 0.667 bits per heavy atom. The molecule has 0 bridgehead atoms. The number of rotatable bonds is 6. The summed E-state index contributed by atoms with van der Waals surface area (Å²) < 4.78 is 32.7. The third-order valence-corrected chi connectivity index (χ3v) is 13.0. The lowest BCUT2D eigenvalue weighted by Gasteiger charge is -2.18. The molecular formula is C46H30B2N6O4S2. The van der Waals surface area contributed by atoms with Gasteiger partial charge in [0.2, 0.25) is 5.70 Å². The molecule has 10 nitrogen and oxygen atoms in total.